The van der Waals surface area contributed by atoms with E-state index in [9.17, 15) is 9.59 Å². The molecule has 3 aromatic carbocycles. The summed E-state index contributed by atoms with van der Waals surface area (Å²) in [6.07, 6.45) is 3.36. The van der Waals surface area contributed by atoms with E-state index in [-0.39, 0.29) is 37.5 Å². The molecule has 4 heteroatoms. The lowest BCUT2D eigenvalue weighted by molar-refractivity contribution is -0.148. The number of allylic oxidation sites excluding steroid dienone is 1. The predicted molar refractivity (Wildman–Crippen MR) is 132 cm³/mol. The smallest absolute Gasteiger partial charge is 0.313 e. The molecule has 1 aliphatic carbocycles. The molecule has 0 saturated heterocycles. The van der Waals surface area contributed by atoms with Crippen molar-refractivity contribution in [2.24, 2.45) is 5.92 Å². The van der Waals surface area contributed by atoms with Gasteiger partial charge in [0, 0.05) is 6.42 Å². The third-order valence-electron chi connectivity index (χ3n) is 6.20. The van der Waals surface area contributed by atoms with Gasteiger partial charge < -0.3 is 9.47 Å². The van der Waals surface area contributed by atoms with Crippen LogP contribution >= 0.6 is 0 Å². The van der Waals surface area contributed by atoms with Crippen molar-refractivity contribution in [1.29, 1.82) is 0 Å². The van der Waals surface area contributed by atoms with Crippen molar-refractivity contribution < 1.29 is 19.1 Å². The van der Waals surface area contributed by atoms with Crippen molar-refractivity contribution in [1.82, 2.24) is 0 Å². The second kappa shape index (κ2) is 12.0. The van der Waals surface area contributed by atoms with Crippen LogP contribution in [0.25, 0.3) is 5.57 Å². The summed E-state index contributed by atoms with van der Waals surface area (Å²) in [6, 6.07) is 29.4. The largest absolute Gasteiger partial charge is 0.461 e. The topological polar surface area (TPSA) is 52.6 Å². The Bertz CT molecular complexity index is 1100. The molecule has 1 saturated carbocycles. The highest BCUT2D eigenvalue weighted by atomic mass is 16.5. The molecule has 0 bridgehead atoms. The van der Waals surface area contributed by atoms with E-state index >= 15 is 0 Å². The molecule has 0 aromatic heterocycles. The number of esters is 2. The highest BCUT2D eigenvalue weighted by Gasteiger charge is 2.32. The van der Waals surface area contributed by atoms with Gasteiger partial charge in [0.1, 0.15) is 13.2 Å². The van der Waals surface area contributed by atoms with Gasteiger partial charge in [-0.25, -0.2) is 0 Å². The zero-order valence-electron chi connectivity index (χ0n) is 19.3. The summed E-state index contributed by atoms with van der Waals surface area (Å²) >= 11 is 0. The summed E-state index contributed by atoms with van der Waals surface area (Å²) in [6.45, 7) is 0.543. The lowest BCUT2D eigenvalue weighted by Gasteiger charge is -2.18. The molecule has 0 spiro atoms. The lowest BCUT2D eigenvalue weighted by atomic mass is 9.90. The second-order valence-electron chi connectivity index (χ2n) is 8.55. The Kier molecular flexibility index (Phi) is 8.28. The first kappa shape index (κ1) is 23.5. The van der Waals surface area contributed by atoms with Crippen LogP contribution in [0.15, 0.2) is 96.6 Å². The van der Waals surface area contributed by atoms with E-state index in [0.717, 1.165) is 47.1 Å². The molecule has 174 valence electrons. The third kappa shape index (κ3) is 6.44. The monoisotopic (exact) mass is 454 g/mol. The van der Waals surface area contributed by atoms with Crippen molar-refractivity contribution >= 4 is 17.5 Å². The zero-order chi connectivity index (χ0) is 23.6. The molecule has 1 unspecified atom stereocenters. The van der Waals surface area contributed by atoms with E-state index in [2.05, 4.69) is 0 Å². The molecule has 3 aromatic rings. The van der Waals surface area contributed by atoms with Crippen molar-refractivity contribution in [2.75, 3.05) is 0 Å². The van der Waals surface area contributed by atoms with Gasteiger partial charge in [-0.05, 0) is 47.9 Å². The van der Waals surface area contributed by atoms with Gasteiger partial charge in [0.25, 0.3) is 0 Å². The SMILES string of the molecule is O=C(CC/C(=C1/CCCC1C(=O)OCc1ccccc1)c1ccccc1)OCc1ccccc1. The minimum absolute atomic E-state index is 0.184. The molecule has 0 N–H and O–H groups in total. The first-order chi connectivity index (χ1) is 16.7. The number of benzene rings is 3. The fraction of sp³-hybridized carbons (Fsp3) is 0.267. The number of hydrogen-bond donors (Lipinski definition) is 0. The summed E-state index contributed by atoms with van der Waals surface area (Å²) in [4.78, 5) is 25.5. The third-order valence-corrected chi connectivity index (χ3v) is 6.20. The molecular formula is C30H30O4. The van der Waals surface area contributed by atoms with Crippen molar-refractivity contribution in [3.05, 3.63) is 113 Å². The Morgan fingerprint density at radius 1 is 0.706 bits per heavy atom. The minimum Gasteiger partial charge on any atom is -0.461 e. The van der Waals surface area contributed by atoms with Crippen LogP contribution < -0.4 is 0 Å². The molecular weight excluding hydrogens is 424 g/mol. The van der Waals surface area contributed by atoms with E-state index in [4.69, 9.17) is 9.47 Å². The van der Waals surface area contributed by atoms with Crippen LogP contribution in [0.2, 0.25) is 0 Å². The Labute approximate surface area is 201 Å². The van der Waals surface area contributed by atoms with E-state index in [1.807, 2.05) is 91.0 Å². The van der Waals surface area contributed by atoms with Crippen LogP contribution in [0.3, 0.4) is 0 Å². The van der Waals surface area contributed by atoms with Gasteiger partial charge in [-0.15, -0.1) is 0 Å². The molecule has 1 atom stereocenters. The molecule has 1 fully saturated rings. The van der Waals surface area contributed by atoms with E-state index in [1.54, 1.807) is 0 Å². The Balaban J connectivity index is 1.45. The average Bonchev–Trinajstić information content (AvgIpc) is 3.38. The average molecular weight is 455 g/mol. The Hall–Kier alpha value is -3.66. The maximum Gasteiger partial charge on any atom is 0.313 e. The van der Waals surface area contributed by atoms with Gasteiger partial charge >= 0.3 is 11.9 Å². The lowest BCUT2D eigenvalue weighted by Crippen LogP contribution is -2.17. The highest BCUT2D eigenvalue weighted by molar-refractivity contribution is 5.83. The van der Waals surface area contributed by atoms with Crippen LogP contribution in [0.5, 0.6) is 0 Å². The van der Waals surface area contributed by atoms with Crippen molar-refractivity contribution in [2.45, 2.75) is 45.3 Å². The quantitative estimate of drug-likeness (QED) is 0.346. The predicted octanol–water partition coefficient (Wildman–Crippen LogP) is 6.51. The summed E-state index contributed by atoms with van der Waals surface area (Å²) < 4.78 is 11.2. The van der Waals surface area contributed by atoms with Gasteiger partial charge in [-0.3, -0.25) is 9.59 Å². The Morgan fingerprint density at radius 2 is 1.26 bits per heavy atom. The normalized spacial score (nSPS) is 16.6. The summed E-state index contributed by atoms with van der Waals surface area (Å²) in [5.41, 5.74) is 5.16. The number of carbonyl (C=O) groups is 2. The van der Waals surface area contributed by atoms with Gasteiger partial charge in [-0.1, -0.05) is 96.6 Å². The fourth-order valence-corrected chi connectivity index (χ4v) is 4.46. The number of hydrogen-bond acceptors (Lipinski definition) is 4. The van der Waals surface area contributed by atoms with Crippen LogP contribution in [-0.2, 0) is 32.3 Å². The van der Waals surface area contributed by atoms with Crippen LogP contribution in [0, 0.1) is 5.92 Å². The van der Waals surface area contributed by atoms with Gasteiger partial charge in [0.15, 0.2) is 0 Å². The van der Waals surface area contributed by atoms with Crippen LogP contribution in [0.1, 0.15) is 48.8 Å². The second-order valence-corrected chi connectivity index (χ2v) is 8.55. The Morgan fingerprint density at radius 3 is 1.88 bits per heavy atom. The fourth-order valence-electron chi connectivity index (χ4n) is 4.46. The number of carbonyl (C=O) groups excluding carboxylic acids is 2. The minimum atomic E-state index is -0.265. The number of rotatable bonds is 9. The zero-order valence-corrected chi connectivity index (χ0v) is 19.3. The van der Waals surface area contributed by atoms with Gasteiger partial charge in [0.2, 0.25) is 0 Å². The molecule has 0 aliphatic heterocycles. The molecule has 4 nitrogen and oxygen atoms in total. The van der Waals surface area contributed by atoms with Gasteiger partial charge in [-0.2, -0.15) is 0 Å². The molecule has 34 heavy (non-hydrogen) atoms. The molecule has 0 heterocycles. The van der Waals surface area contributed by atoms with Crippen molar-refractivity contribution in [3.63, 3.8) is 0 Å². The summed E-state index contributed by atoms with van der Waals surface area (Å²) in [7, 11) is 0. The molecule has 4 rings (SSSR count). The first-order valence-electron chi connectivity index (χ1n) is 11.9. The summed E-state index contributed by atoms with van der Waals surface area (Å²) in [5, 5.41) is 0. The first-order valence-corrected chi connectivity index (χ1v) is 11.9. The van der Waals surface area contributed by atoms with Crippen LogP contribution in [0.4, 0.5) is 0 Å². The maximum absolute atomic E-state index is 13.0. The van der Waals surface area contributed by atoms with E-state index in [1.165, 1.54) is 0 Å². The molecule has 0 amide bonds. The van der Waals surface area contributed by atoms with Gasteiger partial charge in [0.05, 0.1) is 5.92 Å². The van der Waals surface area contributed by atoms with Crippen LogP contribution in [-0.4, -0.2) is 11.9 Å². The van der Waals surface area contributed by atoms with E-state index < -0.39 is 0 Å². The highest BCUT2D eigenvalue weighted by Crippen LogP contribution is 2.39. The summed E-state index contributed by atoms with van der Waals surface area (Å²) in [5.74, 6) is -0.685. The standard InChI is InChI=1S/C30H30O4/c31-29(33-21-23-11-4-1-5-12-23)20-19-26(25-15-8-3-9-16-25)27-17-10-18-28(27)30(32)34-22-24-13-6-2-7-14-24/h1-9,11-16,28H,10,17-22H2/b27-26+. The van der Waals surface area contributed by atoms with E-state index in [0.29, 0.717) is 6.42 Å². The van der Waals surface area contributed by atoms with Crippen molar-refractivity contribution in [3.8, 4) is 0 Å². The maximum atomic E-state index is 13.0. The molecule has 0 radical (unpaired) electrons. The molecule has 1 aliphatic rings. The number of ether oxygens (including phenoxy) is 2.